The van der Waals surface area contributed by atoms with Gasteiger partial charge in [-0.1, -0.05) is 6.08 Å². The summed E-state index contributed by atoms with van der Waals surface area (Å²) >= 11 is 0. The predicted octanol–water partition coefficient (Wildman–Crippen LogP) is 1.70. The maximum absolute atomic E-state index is 14.1. The SMILES string of the molecule is Nc1ncc2c(n1)NCC=C2c1cc(F)c2nccn2c1. The number of rotatable bonds is 1. The first-order valence-electron chi connectivity index (χ1n) is 6.42. The van der Waals surface area contributed by atoms with Crippen LogP contribution in [-0.4, -0.2) is 25.9 Å². The van der Waals surface area contributed by atoms with Crippen LogP contribution in [0, 0.1) is 5.82 Å². The van der Waals surface area contributed by atoms with Crippen molar-refractivity contribution in [1.29, 1.82) is 0 Å². The molecule has 7 heteroatoms. The number of nitrogens with zero attached hydrogens (tertiary/aromatic N) is 4. The third-order valence-corrected chi connectivity index (χ3v) is 3.43. The number of nitrogen functional groups attached to an aromatic ring is 1. The van der Waals surface area contributed by atoms with Gasteiger partial charge in [0.15, 0.2) is 11.5 Å². The second-order valence-electron chi connectivity index (χ2n) is 4.72. The molecule has 0 unspecified atom stereocenters. The number of aromatic nitrogens is 4. The fraction of sp³-hybridized carbons (Fsp3) is 0.0714. The summed E-state index contributed by atoms with van der Waals surface area (Å²) < 4.78 is 15.8. The molecule has 1 aliphatic rings. The van der Waals surface area contributed by atoms with E-state index in [2.05, 4.69) is 20.3 Å². The Balaban J connectivity index is 1.91. The third kappa shape index (κ3) is 1.82. The number of anilines is 2. The quantitative estimate of drug-likeness (QED) is 0.710. The molecule has 0 atom stereocenters. The van der Waals surface area contributed by atoms with Gasteiger partial charge in [0.2, 0.25) is 5.95 Å². The molecular weight excluding hydrogens is 271 g/mol. The Bertz CT molecular complexity index is 882. The van der Waals surface area contributed by atoms with Crippen LogP contribution in [0.2, 0.25) is 0 Å². The highest BCUT2D eigenvalue weighted by atomic mass is 19.1. The third-order valence-electron chi connectivity index (χ3n) is 3.43. The van der Waals surface area contributed by atoms with Gasteiger partial charge in [-0.05, 0) is 11.6 Å². The Kier molecular flexibility index (Phi) is 2.41. The van der Waals surface area contributed by atoms with Crippen molar-refractivity contribution in [3.63, 3.8) is 0 Å². The lowest BCUT2D eigenvalue weighted by atomic mass is 9.98. The maximum Gasteiger partial charge on any atom is 0.221 e. The van der Waals surface area contributed by atoms with E-state index in [-0.39, 0.29) is 11.8 Å². The first-order chi connectivity index (χ1) is 10.2. The standard InChI is InChI=1S/C14H11FN6/c15-11-5-8(7-21-4-3-18-13(11)21)9-1-2-17-12-10(9)6-19-14(16)20-12/h1,3-7H,2H2,(H3,16,17,19,20). The van der Waals surface area contributed by atoms with Crippen LogP contribution in [0.4, 0.5) is 16.2 Å². The number of pyridine rings is 1. The molecule has 0 bridgehead atoms. The van der Waals surface area contributed by atoms with Gasteiger partial charge in [0, 0.05) is 42.5 Å². The molecule has 0 saturated heterocycles. The monoisotopic (exact) mass is 282 g/mol. The number of nitrogens with one attached hydrogen (secondary N) is 1. The Labute approximate surface area is 119 Å². The van der Waals surface area contributed by atoms with Crippen molar-refractivity contribution >= 4 is 23.0 Å². The Morgan fingerprint density at radius 1 is 1.33 bits per heavy atom. The molecule has 0 aromatic carbocycles. The van der Waals surface area contributed by atoms with E-state index in [0.29, 0.717) is 18.0 Å². The molecular formula is C14H11FN6. The van der Waals surface area contributed by atoms with Crippen LogP contribution >= 0.6 is 0 Å². The number of imidazole rings is 1. The summed E-state index contributed by atoms with van der Waals surface area (Å²) in [6.45, 7) is 0.600. The molecule has 0 saturated carbocycles. The molecule has 21 heavy (non-hydrogen) atoms. The Morgan fingerprint density at radius 2 is 2.24 bits per heavy atom. The average molecular weight is 282 g/mol. The van der Waals surface area contributed by atoms with Crippen molar-refractivity contribution in [3.8, 4) is 0 Å². The molecule has 0 spiro atoms. The Morgan fingerprint density at radius 3 is 3.14 bits per heavy atom. The molecule has 4 rings (SSSR count). The summed E-state index contributed by atoms with van der Waals surface area (Å²) in [5.74, 6) is 0.500. The van der Waals surface area contributed by atoms with Crippen molar-refractivity contribution in [2.75, 3.05) is 17.6 Å². The highest BCUT2D eigenvalue weighted by Crippen LogP contribution is 2.31. The van der Waals surface area contributed by atoms with E-state index >= 15 is 0 Å². The normalized spacial score (nSPS) is 13.7. The van der Waals surface area contributed by atoms with Gasteiger partial charge in [-0.3, -0.25) is 0 Å². The van der Waals surface area contributed by atoms with Gasteiger partial charge >= 0.3 is 0 Å². The molecule has 4 heterocycles. The van der Waals surface area contributed by atoms with Crippen LogP contribution in [0.5, 0.6) is 0 Å². The minimum absolute atomic E-state index is 0.207. The van der Waals surface area contributed by atoms with Crippen molar-refractivity contribution in [2.45, 2.75) is 0 Å². The molecule has 104 valence electrons. The largest absolute Gasteiger partial charge is 0.368 e. The maximum atomic E-state index is 14.1. The molecule has 0 radical (unpaired) electrons. The van der Waals surface area contributed by atoms with E-state index in [4.69, 9.17) is 5.73 Å². The second-order valence-corrected chi connectivity index (χ2v) is 4.72. The zero-order valence-electron chi connectivity index (χ0n) is 10.9. The fourth-order valence-corrected chi connectivity index (χ4v) is 2.50. The van der Waals surface area contributed by atoms with Crippen molar-refractivity contribution in [2.24, 2.45) is 0 Å². The lowest BCUT2D eigenvalue weighted by Crippen LogP contribution is -2.13. The van der Waals surface area contributed by atoms with Gasteiger partial charge in [-0.25, -0.2) is 14.4 Å². The smallest absolute Gasteiger partial charge is 0.221 e. The summed E-state index contributed by atoms with van der Waals surface area (Å²) in [4.78, 5) is 12.2. The molecule has 3 aromatic heterocycles. The lowest BCUT2D eigenvalue weighted by molar-refractivity contribution is 0.629. The van der Waals surface area contributed by atoms with Crippen LogP contribution in [-0.2, 0) is 0 Å². The first-order valence-corrected chi connectivity index (χ1v) is 6.42. The van der Waals surface area contributed by atoms with E-state index < -0.39 is 0 Å². The minimum Gasteiger partial charge on any atom is -0.368 e. The number of halogens is 1. The summed E-state index contributed by atoms with van der Waals surface area (Å²) in [5, 5.41) is 3.13. The number of hydrogen-bond donors (Lipinski definition) is 2. The summed E-state index contributed by atoms with van der Waals surface area (Å²) in [7, 11) is 0. The lowest BCUT2D eigenvalue weighted by Gasteiger charge is -2.18. The zero-order valence-corrected chi connectivity index (χ0v) is 10.9. The van der Waals surface area contributed by atoms with Crippen LogP contribution in [0.25, 0.3) is 11.2 Å². The first kappa shape index (κ1) is 11.8. The topological polar surface area (TPSA) is 81.1 Å². The molecule has 3 aromatic rings. The second kappa shape index (κ2) is 4.27. The minimum atomic E-state index is -0.366. The van der Waals surface area contributed by atoms with E-state index in [9.17, 15) is 4.39 Å². The summed E-state index contributed by atoms with van der Waals surface area (Å²) in [6.07, 6.45) is 8.73. The van der Waals surface area contributed by atoms with Gasteiger partial charge < -0.3 is 15.5 Å². The van der Waals surface area contributed by atoms with E-state index in [1.807, 2.05) is 12.3 Å². The molecule has 0 aliphatic carbocycles. The Hall–Kier alpha value is -2.96. The van der Waals surface area contributed by atoms with E-state index in [1.54, 1.807) is 23.0 Å². The number of nitrogens with two attached hydrogens (primary N) is 1. The summed E-state index contributed by atoms with van der Waals surface area (Å²) in [5.41, 5.74) is 8.32. The number of hydrogen-bond acceptors (Lipinski definition) is 5. The average Bonchev–Trinajstić information content (AvgIpc) is 2.95. The van der Waals surface area contributed by atoms with Gasteiger partial charge in [0.1, 0.15) is 5.82 Å². The molecule has 1 aliphatic heterocycles. The van der Waals surface area contributed by atoms with E-state index in [1.165, 1.54) is 6.07 Å². The van der Waals surface area contributed by atoms with Gasteiger partial charge in [-0.15, -0.1) is 0 Å². The van der Waals surface area contributed by atoms with Gasteiger partial charge in [0.25, 0.3) is 0 Å². The van der Waals surface area contributed by atoms with Crippen molar-refractivity contribution in [3.05, 3.63) is 53.9 Å². The zero-order chi connectivity index (χ0) is 14.4. The molecule has 0 fully saturated rings. The van der Waals surface area contributed by atoms with Crippen LogP contribution in [0.1, 0.15) is 11.1 Å². The molecule has 3 N–H and O–H groups in total. The van der Waals surface area contributed by atoms with Crippen molar-refractivity contribution < 1.29 is 4.39 Å². The molecule has 0 amide bonds. The van der Waals surface area contributed by atoms with Crippen LogP contribution in [0.3, 0.4) is 0 Å². The van der Waals surface area contributed by atoms with Crippen LogP contribution < -0.4 is 11.1 Å². The fourth-order valence-electron chi connectivity index (χ4n) is 2.50. The summed E-state index contributed by atoms with van der Waals surface area (Å²) in [6, 6.07) is 1.47. The van der Waals surface area contributed by atoms with Gasteiger partial charge in [0.05, 0.1) is 0 Å². The van der Waals surface area contributed by atoms with Crippen molar-refractivity contribution in [1.82, 2.24) is 19.4 Å². The highest BCUT2D eigenvalue weighted by molar-refractivity contribution is 5.87. The highest BCUT2D eigenvalue weighted by Gasteiger charge is 2.18. The van der Waals surface area contributed by atoms with Crippen LogP contribution in [0.15, 0.2) is 36.9 Å². The predicted molar refractivity (Wildman–Crippen MR) is 77.2 cm³/mol. The molecule has 6 nitrogen and oxygen atoms in total. The number of fused-ring (bicyclic) bond motifs is 2. The van der Waals surface area contributed by atoms with Gasteiger partial charge in [-0.2, -0.15) is 4.98 Å². The van der Waals surface area contributed by atoms with E-state index in [0.717, 1.165) is 16.7 Å².